The highest BCUT2D eigenvalue weighted by Gasteiger charge is 2.13. The lowest BCUT2D eigenvalue weighted by Crippen LogP contribution is -2.22. The molecule has 0 bridgehead atoms. The minimum atomic E-state index is 0. The van der Waals surface area contributed by atoms with Gasteiger partial charge in [0.05, 0.1) is 0 Å². The van der Waals surface area contributed by atoms with Crippen molar-refractivity contribution in [2.45, 2.75) is 43.6 Å². The molecule has 1 aromatic carbocycles. The van der Waals surface area contributed by atoms with E-state index in [-0.39, 0.29) is 7.72 Å². The molecule has 1 aliphatic rings. The van der Waals surface area contributed by atoms with Crippen molar-refractivity contribution in [3.05, 3.63) is 24.3 Å². The van der Waals surface area contributed by atoms with Crippen LogP contribution in [-0.4, -0.2) is 45.4 Å². The van der Waals surface area contributed by atoms with Crippen molar-refractivity contribution in [1.82, 2.24) is 20.2 Å². The fraction of sp³-hybridized carbons (Fsp3) is 0.500. The minimum Gasteiger partial charge on any atom is -0.353 e. The highest BCUT2D eigenvalue weighted by molar-refractivity contribution is 7.99. The molecule has 0 radical (unpaired) electrons. The summed E-state index contributed by atoms with van der Waals surface area (Å²) in [5.41, 5.74) is 2.68. The van der Waals surface area contributed by atoms with E-state index in [0.29, 0.717) is 0 Å². The van der Waals surface area contributed by atoms with Gasteiger partial charge in [-0.1, -0.05) is 30.0 Å². The molecule has 25 heavy (non-hydrogen) atoms. The SMILES string of the molecule is [HH].c1ccc2c(c1)[nH]c1nc(SCCCCOC3CCCCO3)nnc12. The van der Waals surface area contributed by atoms with E-state index in [1.165, 1.54) is 6.42 Å². The monoisotopic (exact) mass is 360 g/mol. The Morgan fingerprint density at radius 3 is 3.12 bits per heavy atom. The van der Waals surface area contributed by atoms with Crippen LogP contribution in [0.2, 0.25) is 0 Å². The average Bonchev–Trinajstić information content (AvgIpc) is 3.03. The number of benzene rings is 1. The smallest absolute Gasteiger partial charge is 0.211 e. The molecule has 7 heteroatoms. The lowest BCUT2D eigenvalue weighted by molar-refractivity contribution is -0.162. The molecule has 0 spiro atoms. The molecule has 6 nitrogen and oxygen atoms in total. The van der Waals surface area contributed by atoms with Crippen LogP contribution in [0.25, 0.3) is 22.1 Å². The molecular weight excluding hydrogens is 336 g/mol. The van der Waals surface area contributed by atoms with Crippen molar-refractivity contribution in [2.75, 3.05) is 19.0 Å². The van der Waals surface area contributed by atoms with E-state index < -0.39 is 0 Å². The summed E-state index contributed by atoms with van der Waals surface area (Å²) in [6, 6.07) is 8.07. The molecule has 0 amide bonds. The Morgan fingerprint density at radius 2 is 2.20 bits per heavy atom. The summed E-state index contributed by atoms with van der Waals surface area (Å²) in [6.07, 6.45) is 5.49. The number of nitrogens with zero attached hydrogens (tertiary/aromatic N) is 3. The number of H-pyrrole nitrogens is 1. The first-order valence-corrected chi connectivity index (χ1v) is 9.86. The standard InChI is InChI=1S/C18H22N4O2S.H2/c1-2-8-14-13(7-1)16-17(19-14)20-18(22-21-16)25-12-6-5-11-24-15-9-3-4-10-23-15;/h1-2,7-8,15H,3-6,9-12H2,(H,19,20,22);1H. The summed E-state index contributed by atoms with van der Waals surface area (Å²) in [5, 5.41) is 10.4. The zero-order valence-electron chi connectivity index (χ0n) is 14.1. The van der Waals surface area contributed by atoms with Gasteiger partial charge >= 0.3 is 0 Å². The normalized spacial score (nSPS) is 18.2. The molecule has 1 atom stereocenters. The molecule has 1 unspecified atom stereocenters. The van der Waals surface area contributed by atoms with Gasteiger partial charge in [-0.25, -0.2) is 4.98 Å². The molecule has 1 fully saturated rings. The Hall–Kier alpha value is -1.70. The molecule has 3 aromatic rings. The lowest BCUT2D eigenvalue weighted by Gasteiger charge is -2.22. The van der Waals surface area contributed by atoms with E-state index >= 15 is 0 Å². The van der Waals surface area contributed by atoms with E-state index in [1.54, 1.807) is 11.8 Å². The van der Waals surface area contributed by atoms with Gasteiger partial charge in [0.15, 0.2) is 11.9 Å². The number of aromatic amines is 1. The van der Waals surface area contributed by atoms with Crippen LogP contribution < -0.4 is 0 Å². The number of para-hydroxylation sites is 1. The third kappa shape index (κ3) is 4.11. The lowest BCUT2D eigenvalue weighted by atomic mass is 10.2. The van der Waals surface area contributed by atoms with Gasteiger partial charge in [0.1, 0.15) is 5.52 Å². The third-order valence-corrected chi connectivity index (χ3v) is 5.24. The maximum atomic E-state index is 5.75. The van der Waals surface area contributed by atoms with Crippen molar-refractivity contribution in [3.63, 3.8) is 0 Å². The van der Waals surface area contributed by atoms with Crippen LogP contribution >= 0.6 is 11.8 Å². The first-order chi connectivity index (χ1) is 12.4. The number of hydrogen-bond donors (Lipinski definition) is 1. The molecule has 0 aliphatic carbocycles. The summed E-state index contributed by atoms with van der Waals surface area (Å²) in [5.74, 6) is 0.961. The van der Waals surface area contributed by atoms with Crippen molar-refractivity contribution < 1.29 is 10.9 Å². The van der Waals surface area contributed by atoms with Crippen molar-refractivity contribution >= 4 is 33.8 Å². The first kappa shape index (κ1) is 16.8. The predicted molar refractivity (Wildman–Crippen MR) is 101 cm³/mol. The Kier molecular flexibility index (Phi) is 5.44. The molecule has 134 valence electrons. The minimum absolute atomic E-state index is 0. The van der Waals surface area contributed by atoms with Gasteiger partial charge in [-0.2, -0.15) is 0 Å². The van der Waals surface area contributed by atoms with E-state index in [9.17, 15) is 0 Å². The zero-order chi connectivity index (χ0) is 16.9. The number of rotatable bonds is 7. The number of ether oxygens (including phenoxy) is 2. The number of hydrogen-bond acceptors (Lipinski definition) is 6. The third-order valence-electron chi connectivity index (χ3n) is 4.31. The summed E-state index contributed by atoms with van der Waals surface area (Å²) in [7, 11) is 0. The maximum Gasteiger partial charge on any atom is 0.211 e. The quantitative estimate of drug-likeness (QED) is 0.504. The van der Waals surface area contributed by atoms with Crippen molar-refractivity contribution in [3.8, 4) is 0 Å². The number of unbranched alkanes of at least 4 members (excludes halogenated alkanes) is 1. The van der Waals surface area contributed by atoms with Crippen LogP contribution in [0.15, 0.2) is 29.4 Å². The molecule has 1 saturated heterocycles. The largest absolute Gasteiger partial charge is 0.353 e. The Labute approximate surface area is 152 Å². The second kappa shape index (κ2) is 8.12. The molecular formula is C18H24N4O2S. The van der Waals surface area contributed by atoms with E-state index in [2.05, 4.69) is 20.2 Å². The maximum absolute atomic E-state index is 5.75. The summed E-state index contributed by atoms with van der Waals surface area (Å²) < 4.78 is 11.3. The molecule has 1 aliphatic heterocycles. The molecule has 0 saturated carbocycles. The van der Waals surface area contributed by atoms with Gasteiger partial charge in [-0.15, -0.1) is 10.2 Å². The van der Waals surface area contributed by atoms with Crippen LogP contribution in [0, 0.1) is 0 Å². The fourth-order valence-electron chi connectivity index (χ4n) is 2.99. The highest BCUT2D eigenvalue weighted by atomic mass is 32.2. The van der Waals surface area contributed by atoms with Gasteiger partial charge in [0.25, 0.3) is 0 Å². The van der Waals surface area contributed by atoms with E-state index in [1.807, 2.05) is 24.3 Å². The van der Waals surface area contributed by atoms with Crippen molar-refractivity contribution in [2.24, 2.45) is 0 Å². The Bertz CT molecular complexity index is 838. The van der Waals surface area contributed by atoms with Crippen LogP contribution in [-0.2, 0) is 9.47 Å². The van der Waals surface area contributed by atoms with Crippen LogP contribution in [0.3, 0.4) is 0 Å². The van der Waals surface area contributed by atoms with Crippen LogP contribution in [0.4, 0.5) is 0 Å². The molecule has 4 rings (SSSR count). The molecule has 2 aromatic heterocycles. The van der Waals surface area contributed by atoms with Crippen LogP contribution in [0.1, 0.15) is 33.5 Å². The Balaban J connectivity index is 0.00000196. The van der Waals surface area contributed by atoms with Crippen LogP contribution in [0.5, 0.6) is 0 Å². The van der Waals surface area contributed by atoms with E-state index in [4.69, 9.17) is 9.47 Å². The molecule has 3 heterocycles. The van der Waals surface area contributed by atoms with Crippen molar-refractivity contribution in [1.29, 1.82) is 0 Å². The topological polar surface area (TPSA) is 72.9 Å². The molecule has 1 N–H and O–H groups in total. The summed E-state index contributed by atoms with van der Waals surface area (Å²) in [4.78, 5) is 7.89. The van der Waals surface area contributed by atoms with E-state index in [0.717, 1.165) is 71.9 Å². The fourth-order valence-corrected chi connectivity index (χ4v) is 3.78. The van der Waals surface area contributed by atoms with Gasteiger partial charge in [0.2, 0.25) is 5.16 Å². The van der Waals surface area contributed by atoms with Gasteiger partial charge < -0.3 is 14.5 Å². The number of aromatic nitrogens is 4. The van der Waals surface area contributed by atoms with Gasteiger partial charge in [-0.05, 0) is 38.2 Å². The average molecular weight is 360 g/mol. The summed E-state index contributed by atoms with van der Waals surface area (Å²) >= 11 is 1.64. The number of fused-ring (bicyclic) bond motifs is 3. The number of thioether (sulfide) groups is 1. The van der Waals surface area contributed by atoms with Gasteiger partial charge in [0, 0.05) is 31.3 Å². The zero-order valence-corrected chi connectivity index (χ0v) is 14.9. The second-order valence-electron chi connectivity index (χ2n) is 6.18. The first-order valence-electron chi connectivity index (χ1n) is 8.87. The highest BCUT2D eigenvalue weighted by Crippen LogP contribution is 2.23. The second-order valence-corrected chi connectivity index (χ2v) is 7.25. The Morgan fingerprint density at radius 1 is 1.24 bits per heavy atom. The number of nitrogens with one attached hydrogen (secondary N) is 1. The summed E-state index contributed by atoms with van der Waals surface area (Å²) in [6.45, 7) is 1.59. The van der Waals surface area contributed by atoms with Gasteiger partial charge in [-0.3, -0.25) is 0 Å². The predicted octanol–water partition coefficient (Wildman–Crippen LogP) is 4.17.